The van der Waals surface area contributed by atoms with Crippen LogP contribution in [0.2, 0.25) is 0 Å². The van der Waals surface area contributed by atoms with Crippen LogP contribution in [0.4, 0.5) is 5.13 Å². The van der Waals surface area contributed by atoms with E-state index >= 15 is 0 Å². The number of carbonyl (C=O) groups is 4. The Hall–Kier alpha value is -3.42. The van der Waals surface area contributed by atoms with Gasteiger partial charge in [0.2, 0.25) is 5.16 Å². The first-order valence-electron chi connectivity index (χ1n) is 9.10. The minimum Gasteiger partial charge on any atom is -0.477 e. The van der Waals surface area contributed by atoms with Crippen molar-refractivity contribution < 1.29 is 24.3 Å². The van der Waals surface area contributed by atoms with E-state index in [1.807, 2.05) is 0 Å². The maximum absolute atomic E-state index is 12.7. The lowest BCUT2D eigenvalue weighted by Gasteiger charge is -2.49. The average Bonchev–Trinajstić information content (AvgIpc) is 3.43. The molecule has 0 bridgehead atoms. The molecular formula is C17H14N8O5S3. The minimum atomic E-state index is -1.27. The molecule has 2 aliphatic rings. The molecule has 170 valence electrons. The van der Waals surface area contributed by atoms with Gasteiger partial charge in [-0.2, -0.15) is 0 Å². The summed E-state index contributed by atoms with van der Waals surface area (Å²) < 4.78 is 1.40. The number of nitrogens with zero attached hydrogens (tertiary/aromatic N) is 6. The van der Waals surface area contributed by atoms with Gasteiger partial charge in [-0.1, -0.05) is 17.7 Å². The van der Waals surface area contributed by atoms with Gasteiger partial charge in [0.25, 0.3) is 17.6 Å². The van der Waals surface area contributed by atoms with Crippen molar-refractivity contribution in [1.82, 2.24) is 35.4 Å². The molecule has 2 atom stereocenters. The number of ketones is 1. The lowest BCUT2D eigenvalue weighted by Crippen LogP contribution is -2.71. The van der Waals surface area contributed by atoms with Crippen LogP contribution in [0.25, 0.3) is 0 Å². The first-order chi connectivity index (χ1) is 15.8. The third-order valence-electron chi connectivity index (χ3n) is 4.61. The average molecular weight is 507 g/mol. The van der Waals surface area contributed by atoms with Gasteiger partial charge in [0.1, 0.15) is 29.4 Å². The Bertz CT molecular complexity index is 1230. The van der Waals surface area contributed by atoms with Gasteiger partial charge in [-0.15, -0.1) is 34.6 Å². The molecule has 0 radical (unpaired) electrons. The Balaban J connectivity index is 1.46. The quantitative estimate of drug-likeness (QED) is 0.131. The van der Waals surface area contributed by atoms with Crippen molar-refractivity contribution in [2.24, 2.45) is 0 Å². The standard InChI is InChI=1S/C17H14N8O5S3/c1-2-3-24-17(21-22-23-24)33-5-7-4-31-14-9(13(28)25(14)10(7)15(29)30)20-12(27)11(26)8-6-32-16(18)19-8/h1,6,9,14H,3-5H2,(H2,18,19)(H,20,27)(H,29,30)/t9?,14-/m1/s1. The number of rotatable bonds is 8. The summed E-state index contributed by atoms with van der Waals surface area (Å²) in [5, 5.41) is 24.5. The third kappa shape index (κ3) is 4.29. The van der Waals surface area contributed by atoms with Crippen LogP contribution < -0.4 is 11.1 Å². The predicted octanol–water partition coefficient (Wildman–Crippen LogP) is -0.941. The molecular weight excluding hydrogens is 492 g/mol. The van der Waals surface area contributed by atoms with Gasteiger partial charge in [0.15, 0.2) is 5.13 Å². The first kappa shape index (κ1) is 22.8. The van der Waals surface area contributed by atoms with E-state index in [2.05, 4.69) is 31.7 Å². The zero-order chi connectivity index (χ0) is 23.7. The van der Waals surface area contributed by atoms with Gasteiger partial charge >= 0.3 is 5.97 Å². The number of aromatic nitrogens is 5. The smallest absolute Gasteiger partial charge is 0.352 e. The summed E-state index contributed by atoms with van der Waals surface area (Å²) in [7, 11) is 0. The van der Waals surface area contributed by atoms with Gasteiger partial charge in [0, 0.05) is 16.9 Å². The summed E-state index contributed by atoms with van der Waals surface area (Å²) in [6, 6.07) is -1.03. The Morgan fingerprint density at radius 1 is 1.42 bits per heavy atom. The summed E-state index contributed by atoms with van der Waals surface area (Å²) in [5.41, 5.74) is 5.70. The Labute approximate surface area is 198 Å². The number of hydrogen-bond donors (Lipinski definition) is 3. The van der Waals surface area contributed by atoms with E-state index in [1.54, 1.807) is 0 Å². The molecule has 2 aromatic rings. The Kier molecular flexibility index (Phi) is 6.35. The number of carbonyl (C=O) groups excluding carboxylic acids is 3. The fourth-order valence-corrected chi connectivity index (χ4v) is 6.05. The van der Waals surface area contributed by atoms with E-state index in [4.69, 9.17) is 12.2 Å². The van der Waals surface area contributed by atoms with Crippen LogP contribution in [0.1, 0.15) is 10.5 Å². The molecule has 1 fully saturated rings. The van der Waals surface area contributed by atoms with E-state index in [0.717, 1.165) is 16.2 Å². The van der Waals surface area contributed by atoms with Gasteiger partial charge in [-0.05, 0) is 16.0 Å². The van der Waals surface area contributed by atoms with E-state index in [1.165, 1.54) is 33.6 Å². The van der Waals surface area contributed by atoms with Crippen LogP contribution in [-0.4, -0.2) is 81.7 Å². The minimum absolute atomic E-state index is 0.118. The van der Waals surface area contributed by atoms with Crippen LogP contribution >= 0.6 is 34.9 Å². The molecule has 2 aliphatic heterocycles. The van der Waals surface area contributed by atoms with Crippen molar-refractivity contribution in [1.29, 1.82) is 0 Å². The van der Waals surface area contributed by atoms with Crippen molar-refractivity contribution in [3.05, 3.63) is 22.3 Å². The summed E-state index contributed by atoms with van der Waals surface area (Å²) in [4.78, 5) is 54.0. The van der Waals surface area contributed by atoms with Crippen LogP contribution in [0.15, 0.2) is 21.8 Å². The van der Waals surface area contributed by atoms with E-state index in [-0.39, 0.29) is 28.8 Å². The zero-order valence-corrected chi connectivity index (χ0v) is 18.9. The monoisotopic (exact) mass is 506 g/mol. The van der Waals surface area contributed by atoms with E-state index < -0.39 is 35.0 Å². The molecule has 0 spiro atoms. The molecule has 0 saturated carbocycles. The lowest BCUT2D eigenvalue weighted by molar-refractivity contribution is -0.150. The molecule has 16 heteroatoms. The van der Waals surface area contributed by atoms with Crippen molar-refractivity contribution in [3.63, 3.8) is 0 Å². The number of hydrogen-bond acceptors (Lipinski definition) is 12. The second-order valence-electron chi connectivity index (χ2n) is 6.63. The summed E-state index contributed by atoms with van der Waals surface area (Å²) in [6.07, 6.45) is 5.28. The number of aliphatic carboxylic acids is 1. The van der Waals surface area contributed by atoms with Crippen molar-refractivity contribution in [2.45, 2.75) is 23.1 Å². The summed E-state index contributed by atoms with van der Waals surface area (Å²) in [6.45, 7) is 0.162. The van der Waals surface area contributed by atoms with Gasteiger partial charge < -0.3 is 16.2 Å². The molecule has 13 nitrogen and oxygen atoms in total. The zero-order valence-electron chi connectivity index (χ0n) is 16.5. The molecule has 4 rings (SSSR count). The first-order valence-corrected chi connectivity index (χ1v) is 12.0. The highest BCUT2D eigenvalue weighted by Crippen LogP contribution is 2.41. The summed E-state index contributed by atoms with van der Waals surface area (Å²) >= 11 is 3.48. The lowest BCUT2D eigenvalue weighted by atomic mass is 10.0. The van der Waals surface area contributed by atoms with Gasteiger partial charge in [-0.25, -0.2) is 14.5 Å². The van der Waals surface area contributed by atoms with Crippen LogP contribution in [-0.2, 0) is 20.9 Å². The number of nitrogens with two attached hydrogens (primary N) is 1. The highest BCUT2D eigenvalue weighted by Gasteiger charge is 2.54. The number of terminal acetylenes is 1. The Morgan fingerprint density at radius 3 is 2.88 bits per heavy atom. The fraction of sp³-hybridized carbons (Fsp3) is 0.294. The molecule has 4 N–H and O–H groups in total. The second kappa shape index (κ2) is 9.21. The van der Waals surface area contributed by atoms with E-state index in [9.17, 15) is 24.3 Å². The van der Waals surface area contributed by atoms with Crippen LogP contribution in [0.3, 0.4) is 0 Å². The molecule has 0 aliphatic carbocycles. The number of β-lactam (4-membered cyclic amide) rings is 1. The number of nitrogens with one attached hydrogen (secondary N) is 1. The third-order valence-corrected chi connectivity index (χ3v) is 7.67. The number of carboxylic acids is 1. The van der Waals surface area contributed by atoms with Crippen LogP contribution in [0.5, 0.6) is 0 Å². The number of anilines is 1. The molecule has 0 aromatic carbocycles. The fourth-order valence-electron chi connectivity index (χ4n) is 3.15. The number of tetrazole rings is 1. The maximum atomic E-state index is 12.7. The number of Topliss-reactive ketones (excluding diaryl/α,β-unsaturated/α-hetero) is 1. The molecule has 4 heterocycles. The topological polar surface area (TPSA) is 186 Å². The number of thiazole rings is 1. The number of thioether (sulfide) groups is 2. The van der Waals surface area contributed by atoms with E-state index in [0.29, 0.717) is 16.5 Å². The number of fused-ring (bicyclic) bond motifs is 1. The molecule has 1 unspecified atom stereocenters. The number of nitrogen functional groups attached to an aromatic ring is 1. The predicted molar refractivity (Wildman–Crippen MR) is 118 cm³/mol. The van der Waals surface area contributed by atoms with Gasteiger partial charge in [-0.3, -0.25) is 19.3 Å². The normalized spacial score (nSPS) is 19.5. The molecule has 1 saturated heterocycles. The van der Waals surface area contributed by atoms with Gasteiger partial charge in [0.05, 0.1) is 0 Å². The molecule has 2 aromatic heterocycles. The second-order valence-corrected chi connectivity index (χ2v) is 9.57. The molecule has 33 heavy (non-hydrogen) atoms. The number of carboxylic acid groups (broad SMARTS) is 1. The molecule has 2 amide bonds. The largest absolute Gasteiger partial charge is 0.477 e. The van der Waals surface area contributed by atoms with Crippen molar-refractivity contribution in [2.75, 3.05) is 17.2 Å². The highest BCUT2D eigenvalue weighted by atomic mass is 32.2. The van der Waals surface area contributed by atoms with Crippen molar-refractivity contribution >= 4 is 63.6 Å². The van der Waals surface area contributed by atoms with Crippen molar-refractivity contribution in [3.8, 4) is 12.3 Å². The Morgan fingerprint density at radius 2 is 2.21 bits per heavy atom. The van der Waals surface area contributed by atoms with Crippen LogP contribution in [0, 0.1) is 12.3 Å². The maximum Gasteiger partial charge on any atom is 0.352 e. The SMILES string of the molecule is C#CCn1nnnc1SCC1=C(C(=O)O)N2C(=O)C(NC(=O)C(=O)c3csc(N)n3)[C@H]2SC1. The highest BCUT2D eigenvalue weighted by molar-refractivity contribution is 8.01. The summed E-state index contributed by atoms with van der Waals surface area (Å²) in [5.74, 6) is -0.899. The number of amides is 2.